The van der Waals surface area contributed by atoms with Crippen molar-refractivity contribution in [3.8, 4) is 17.1 Å². The predicted molar refractivity (Wildman–Crippen MR) is 198 cm³/mol. The standard InChI is InChI=1S/C35H51Cl2N3O6Si2/c1-35(2,3)48(7,8)46-27-21-44-33-26(20-43-34(27)33)45-28-19-25-32(40(28)22-42-17-18-47(4,5)6)30(37)29(36)31(38-25)23-9-11-24(12-10-23)39-13-15-41-16-14-39/h9-12,19,26-27,33-34H,13-18,20-22H2,1-8H3/t26-,27?,33-,34-/m1/s1. The van der Waals surface area contributed by atoms with E-state index in [9.17, 15) is 0 Å². The van der Waals surface area contributed by atoms with Gasteiger partial charge in [0.05, 0.1) is 59.3 Å². The van der Waals surface area contributed by atoms with Gasteiger partial charge in [-0.2, -0.15) is 0 Å². The summed E-state index contributed by atoms with van der Waals surface area (Å²) in [5.41, 5.74) is 4.02. The molecule has 3 aliphatic rings. The van der Waals surface area contributed by atoms with Gasteiger partial charge in [-0.05, 0) is 36.3 Å². The average Bonchev–Trinajstić information content (AvgIpc) is 3.71. The Hall–Kier alpha value is -1.68. The van der Waals surface area contributed by atoms with E-state index in [4.69, 9.17) is 56.3 Å². The average molecular weight is 737 g/mol. The lowest BCUT2D eigenvalue weighted by atomic mass is 10.1. The van der Waals surface area contributed by atoms with Crippen molar-refractivity contribution >= 4 is 56.3 Å². The molecule has 0 saturated carbocycles. The van der Waals surface area contributed by atoms with Gasteiger partial charge < -0.3 is 33.0 Å². The molecule has 0 radical (unpaired) electrons. The molecule has 0 bridgehead atoms. The molecule has 3 aliphatic heterocycles. The van der Waals surface area contributed by atoms with Crippen LogP contribution in [0.5, 0.6) is 5.88 Å². The van der Waals surface area contributed by atoms with Crippen LogP contribution in [-0.2, 0) is 30.1 Å². The summed E-state index contributed by atoms with van der Waals surface area (Å²) in [5, 5.41) is 0.899. The molecule has 4 atom stereocenters. The fourth-order valence-corrected chi connectivity index (χ4v) is 8.75. The smallest absolute Gasteiger partial charge is 0.198 e. The van der Waals surface area contributed by atoms with E-state index in [1.807, 2.05) is 22.8 Å². The van der Waals surface area contributed by atoms with Crippen molar-refractivity contribution < 1.29 is 28.1 Å². The number of ether oxygens (including phenoxy) is 5. The van der Waals surface area contributed by atoms with Gasteiger partial charge in [0.15, 0.2) is 20.3 Å². The van der Waals surface area contributed by atoms with Crippen molar-refractivity contribution in [2.75, 3.05) is 51.0 Å². The number of benzene rings is 1. The summed E-state index contributed by atoms with van der Waals surface area (Å²) in [4.78, 5) is 7.35. The van der Waals surface area contributed by atoms with Gasteiger partial charge in [-0.15, -0.1) is 0 Å². The first kappa shape index (κ1) is 36.1. The molecule has 3 saturated heterocycles. The molecule has 0 N–H and O–H groups in total. The Morgan fingerprint density at radius 1 is 0.917 bits per heavy atom. The van der Waals surface area contributed by atoms with Crippen LogP contribution in [0.1, 0.15) is 20.8 Å². The lowest BCUT2D eigenvalue weighted by Gasteiger charge is -2.39. The molecular formula is C35H51Cl2N3O6Si2. The number of hydrogen-bond acceptors (Lipinski definition) is 8. The number of hydrogen-bond donors (Lipinski definition) is 0. The third kappa shape index (κ3) is 7.64. The van der Waals surface area contributed by atoms with Gasteiger partial charge in [0, 0.05) is 45.1 Å². The molecule has 6 rings (SSSR count). The van der Waals surface area contributed by atoms with Gasteiger partial charge in [-0.25, -0.2) is 4.98 Å². The molecule has 0 spiro atoms. The Morgan fingerprint density at radius 2 is 1.56 bits per heavy atom. The molecule has 5 heterocycles. The van der Waals surface area contributed by atoms with Crippen molar-refractivity contribution in [2.45, 2.75) is 95.7 Å². The first-order valence-corrected chi connectivity index (χ1v) is 24.5. The summed E-state index contributed by atoms with van der Waals surface area (Å²) in [6, 6.07) is 11.3. The van der Waals surface area contributed by atoms with Crippen LogP contribution in [-0.4, -0.2) is 96.5 Å². The van der Waals surface area contributed by atoms with Crippen LogP contribution in [0, 0.1) is 0 Å². The van der Waals surface area contributed by atoms with E-state index >= 15 is 0 Å². The summed E-state index contributed by atoms with van der Waals surface area (Å²) in [5.74, 6) is 0.593. The minimum atomic E-state index is -2.01. The summed E-state index contributed by atoms with van der Waals surface area (Å²) < 4.78 is 39.7. The zero-order valence-corrected chi connectivity index (χ0v) is 33.1. The van der Waals surface area contributed by atoms with E-state index in [0.29, 0.717) is 52.5 Å². The third-order valence-electron chi connectivity index (χ3n) is 10.1. The fraction of sp³-hybridized carbons (Fsp3) is 0.629. The zero-order valence-electron chi connectivity index (χ0n) is 29.6. The predicted octanol–water partition coefficient (Wildman–Crippen LogP) is 8.09. The number of pyridine rings is 1. The van der Waals surface area contributed by atoms with Gasteiger partial charge in [0.1, 0.15) is 18.9 Å². The van der Waals surface area contributed by atoms with E-state index in [1.165, 1.54) is 0 Å². The van der Waals surface area contributed by atoms with Crippen LogP contribution in [0.25, 0.3) is 22.3 Å². The van der Waals surface area contributed by atoms with Crippen LogP contribution in [0.3, 0.4) is 0 Å². The SMILES string of the molecule is CC(C)(C)[Si](C)(C)OC1CO[C@H]2[C@@H]1OC[C@H]2Oc1cc2nc(-c3ccc(N4CCOCC4)cc3)c(Cl)c(Cl)c2n1COCC[Si](C)(C)C. The maximum absolute atomic E-state index is 7.08. The van der Waals surface area contributed by atoms with Gasteiger partial charge in [-0.3, -0.25) is 4.57 Å². The molecule has 9 nitrogen and oxygen atoms in total. The molecule has 48 heavy (non-hydrogen) atoms. The number of rotatable bonds is 11. The van der Waals surface area contributed by atoms with Crippen LogP contribution >= 0.6 is 23.2 Å². The van der Waals surface area contributed by atoms with E-state index in [2.05, 4.69) is 70.5 Å². The minimum Gasteiger partial charge on any atom is -0.470 e. The van der Waals surface area contributed by atoms with Crippen molar-refractivity contribution in [2.24, 2.45) is 0 Å². The fourth-order valence-electron chi connectivity index (χ4n) is 6.15. The first-order chi connectivity index (χ1) is 22.6. The Bertz CT molecular complexity index is 1580. The molecular weight excluding hydrogens is 685 g/mol. The highest BCUT2D eigenvalue weighted by Crippen LogP contribution is 2.43. The number of aromatic nitrogens is 2. The first-order valence-electron chi connectivity index (χ1n) is 17.1. The maximum atomic E-state index is 7.08. The maximum Gasteiger partial charge on any atom is 0.198 e. The molecule has 3 fully saturated rings. The molecule has 2 aromatic heterocycles. The number of fused-ring (bicyclic) bond motifs is 2. The highest BCUT2D eigenvalue weighted by Gasteiger charge is 2.52. The Morgan fingerprint density at radius 3 is 2.21 bits per heavy atom. The lowest BCUT2D eigenvalue weighted by molar-refractivity contribution is 0.00860. The lowest BCUT2D eigenvalue weighted by Crippen LogP contribution is -2.47. The van der Waals surface area contributed by atoms with Crippen LogP contribution in [0.4, 0.5) is 5.69 Å². The molecule has 0 amide bonds. The molecule has 264 valence electrons. The second-order valence-corrected chi connectivity index (χ2v) is 27.0. The highest BCUT2D eigenvalue weighted by atomic mass is 35.5. The van der Waals surface area contributed by atoms with Crippen LogP contribution < -0.4 is 9.64 Å². The van der Waals surface area contributed by atoms with Crippen molar-refractivity contribution in [1.29, 1.82) is 0 Å². The van der Waals surface area contributed by atoms with E-state index in [0.717, 1.165) is 43.6 Å². The third-order valence-corrected chi connectivity index (χ3v) is 17.1. The summed E-state index contributed by atoms with van der Waals surface area (Å²) in [6.07, 6.45) is -0.869. The van der Waals surface area contributed by atoms with Crippen LogP contribution in [0.2, 0.25) is 53.9 Å². The van der Waals surface area contributed by atoms with Crippen molar-refractivity contribution in [1.82, 2.24) is 9.55 Å². The van der Waals surface area contributed by atoms with Gasteiger partial charge in [0.2, 0.25) is 0 Å². The monoisotopic (exact) mass is 735 g/mol. The summed E-state index contributed by atoms with van der Waals surface area (Å²) in [6.45, 7) is 23.3. The van der Waals surface area contributed by atoms with Crippen molar-refractivity contribution in [3.63, 3.8) is 0 Å². The quantitative estimate of drug-likeness (QED) is 0.145. The molecule has 3 aromatic rings. The van der Waals surface area contributed by atoms with E-state index in [1.54, 1.807) is 0 Å². The summed E-state index contributed by atoms with van der Waals surface area (Å²) in [7, 11) is -3.29. The van der Waals surface area contributed by atoms with Crippen LogP contribution in [0.15, 0.2) is 30.3 Å². The largest absolute Gasteiger partial charge is 0.470 e. The van der Waals surface area contributed by atoms with Gasteiger partial charge in [0.25, 0.3) is 0 Å². The van der Waals surface area contributed by atoms with Gasteiger partial charge in [-0.1, -0.05) is 75.7 Å². The Kier molecular flexibility index (Phi) is 10.7. The van der Waals surface area contributed by atoms with E-state index < -0.39 is 16.4 Å². The van der Waals surface area contributed by atoms with Gasteiger partial charge >= 0.3 is 0 Å². The second kappa shape index (κ2) is 14.2. The number of halogens is 2. The molecule has 1 unspecified atom stereocenters. The normalized spacial score (nSPS) is 23.7. The number of nitrogens with zero attached hydrogens (tertiary/aromatic N) is 3. The minimum absolute atomic E-state index is 0.0905. The molecule has 0 aliphatic carbocycles. The summed E-state index contributed by atoms with van der Waals surface area (Å²) >= 11 is 14.1. The van der Waals surface area contributed by atoms with E-state index in [-0.39, 0.29) is 36.2 Å². The van der Waals surface area contributed by atoms with Crippen molar-refractivity contribution in [3.05, 3.63) is 40.4 Å². The highest BCUT2D eigenvalue weighted by molar-refractivity contribution is 6.76. The second-order valence-electron chi connectivity index (χ2n) is 15.9. The number of anilines is 1. The number of morpholine rings is 1. The Labute approximate surface area is 297 Å². The topological polar surface area (TPSA) is 76.4 Å². The zero-order chi connectivity index (χ0) is 34.4. The molecule has 1 aromatic carbocycles. The molecule has 13 heteroatoms. The Balaban J connectivity index is 1.27.